The predicted octanol–water partition coefficient (Wildman–Crippen LogP) is 3.59. The average molecular weight is 369 g/mol. The molecule has 4 heterocycles. The quantitative estimate of drug-likeness (QED) is 0.836. The van der Waals surface area contributed by atoms with Gasteiger partial charge in [-0.05, 0) is 43.9 Å². The van der Waals surface area contributed by atoms with Gasteiger partial charge in [0.25, 0.3) is 5.91 Å². The first-order chi connectivity index (χ1) is 11.8. The Hall–Kier alpha value is -1.67. The molecule has 1 amide bonds. The molecule has 1 N–H and O–H groups in total. The van der Waals surface area contributed by atoms with Crippen LogP contribution in [0.5, 0.6) is 0 Å². The van der Waals surface area contributed by atoms with Crippen LogP contribution in [0.15, 0.2) is 12.1 Å². The molecule has 4 rings (SSSR count). The number of likely N-dealkylation sites (tertiary alicyclic amines) is 1. The van der Waals surface area contributed by atoms with Crippen LogP contribution in [-0.2, 0) is 6.18 Å². The summed E-state index contributed by atoms with van der Waals surface area (Å²) >= 11 is 1.06. The highest BCUT2D eigenvalue weighted by molar-refractivity contribution is 7.20. The smallest absolute Gasteiger partial charge is 0.336 e. The average Bonchev–Trinajstić information content (AvgIpc) is 3.05. The molecule has 2 atom stereocenters. The van der Waals surface area contributed by atoms with Crippen molar-refractivity contribution in [3.63, 3.8) is 0 Å². The number of aryl methyl sites for hydroxylation is 1. The molecule has 0 spiro atoms. The number of fused-ring (bicyclic) bond motifs is 3. The molecular weight excluding hydrogens is 351 g/mol. The Balaban J connectivity index is 1.66. The molecule has 4 nitrogen and oxygen atoms in total. The molecule has 2 aromatic heterocycles. The maximum atomic E-state index is 13.0. The summed E-state index contributed by atoms with van der Waals surface area (Å²) in [4.78, 5) is 19.3. The first kappa shape index (κ1) is 16.8. The van der Waals surface area contributed by atoms with Crippen molar-refractivity contribution >= 4 is 27.5 Å². The van der Waals surface area contributed by atoms with Gasteiger partial charge in [0.1, 0.15) is 10.5 Å². The van der Waals surface area contributed by atoms with Crippen molar-refractivity contribution in [3.05, 3.63) is 28.3 Å². The fourth-order valence-corrected chi connectivity index (χ4v) is 4.88. The number of halogens is 3. The third kappa shape index (κ3) is 3.01. The molecule has 8 heteroatoms. The van der Waals surface area contributed by atoms with E-state index < -0.39 is 11.9 Å². The number of rotatable bonds is 1. The van der Waals surface area contributed by atoms with Gasteiger partial charge in [-0.2, -0.15) is 13.2 Å². The lowest BCUT2D eigenvalue weighted by molar-refractivity contribution is -0.140. The maximum Gasteiger partial charge on any atom is 0.433 e. The van der Waals surface area contributed by atoms with Crippen molar-refractivity contribution in [1.29, 1.82) is 0 Å². The molecule has 0 saturated carbocycles. The minimum Gasteiger partial charge on any atom is -0.336 e. The summed E-state index contributed by atoms with van der Waals surface area (Å²) in [6.45, 7) is 3.12. The fraction of sp³-hybridized carbons (Fsp3) is 0.529. The van der Waals surface area contributed by atoms with Gasteiger partial charge in [0.2, 0.25) is 0 Å². The number of hydrogen-bond donors (Lipinski definition) is 1. The molecular formula is C17H18F3N3OS. The molecule has 2 bridgehead atoms. The molecule has 2 unspecified atom stereocenters. The van der Waals surface area contributed by atoms with E-state index in [1.165, 1.54) is 6.07 Å². The Morgan fingerprint density at radius 3 is 2.80 bits per heavy atom. The minimum absolute atomic E-state index is 0.0941. The van der Waals surface area contributed by atoms with Crippen LogP contribution in [-0.4, -0.2) is 41.0 Å². The van der Waals surface area contributed by atoms with E-state index in [2.05, 4.69) is 10.3 Å². The van der Waals surface area contributed by atoms with E-state index in [9.17, 15) is 18.0 Å². The summed E-state index contributed by atoms with van der Waals surface area (Å²) in [5, 5.41) is 4.15. The van der Waals surface area contributed by atoms with Crippen molar-refractivity contribution < 1.29 is 18.0 Å². The summed E-state index contributed by atoms with van der Waals surface area (Å²) < 4.78 is 38.6. The predicted molar refractivity (Wildman–Crippen MR) is 89.8 cm³/mol. The van der Waals surface area contributed by atoms with Crippen LogP contribution in [0.3, 0.4) is 0 Å². The first-order valence-electron chi connectivity index (χ1n) is 8.35. The number of aromatic nitrogens is 1. The van der Waals surface area contributed by atoms with Crippen LogP contribution >= 0.6 is 11.3 Å². The highest BCUT2D eigenvalue weighted by Gasteiger charge is 2.34. The second-order valence-electron chi connectivity index (χ2n) is 6.78. The molecule has 2 aromatic rings. The van der Waals surface area contributed by atoms with Gasteiger partial charge in [-0.25, -0.2) is 4.98 Å². The number of thiophene rings is 1. The number of hydrogen-bond acceptors (Lipinski definition) is 4. The third-order valence-corrected chi connectivity index (χ3v) is 6.29. The molecule has 2 aliphatic rings. The number of amides is 1. The topological polar surface area (TPSA) is 45.2 Å². The number of carbonyl (C=O) groups excluding carboxylic acids is 1. The summed E-state index contributed by atoms with van der Waals surface area (Å²) in [7, 11) is 0. The van der Waals surface area contributed by atoms with Crippen LogP contribution in [0.2, 0.25) is 0 Å². The normalized spacial score (nSPS) is 23.9. The van der Waals surface area contributed by atoms with E-state index in [0.717, 1.165) is 36.7 Å². The highest BCUT2D eigenvalue weighted by Crippen LogP contribution is 2.35. The van der Waals surface area contributed by atoms with Crippen molar-refractivity contribution in [2.75, 3.05) is 13.1 Å². The monoisotopic (exact) mass is 369 g/mol. The lowest BCUT2D eigenvalue weighted by Gasteiger charge is -2.24. The second-order valence-corrected chi connectivity index (χ2v) is 7.78. The van der Waals surface area contributed by atoms with E-state index >= 15 is 0 Å². The SMILES string of the molecule is Cc1c(C(=O)N2CCC3CCC(C2)N3)sc2nc(C(F)(F)F)ccc12. The number of nitrogens with zero attached hydrogens (tertiary/aromatic N) is 2. The minimum atomic E-state index is -4.48. The first-order valence-corrected chi connectivity index (χ1v) is 9.17. The molecule has 2 saturated heterocycles. The van der Waals surface area contributed by atoms with Gasteiger partial charge in [-0.15, -0.1) is 11.3 Å². The van der Waals surface area contributed by atoms with E-state index in [-0.39, 0.29) is 10.7 Å². The summed E-state index contributed by atoms with van der Waals surface area (Å²) in [6, 6.07) is 3.19. The Morgan fingerprint density at radius 1 is 1.28 bits per heavy atom. The highest BCUT2D eigenvalue weighted by atomic mass is 32.1. The number of nitrogens with one attached hydrogen (secondary N) is 1. The third-order valence-electron chi connectivity index (χ3n) is 5.10. The molecule has 2 aliphatic heterocycles. The number of alkyl halides is 3. The van der Waals surface area contributed by atoms with E-state index in [1.54, 1.807) is 6.92 Å². The van der Waals surface area contributed by atoms with Gasteiger partial charge in [-0.3, -0.25) is 4.79 Å². The zero-order valence-electron chi connectivity index (χ0n) is 13.7. The zero-order chi connectivity index (χ0) is 17.8. The van der Waals surface area contributed by atoms with Crippen LogP contribution in [0.1, 0.15) is 40.2 Å². The lowest BCUT2D eigenvalue weighted by atomic mass is 10.1. The van der Waals surface area contributed by atoms with E-state index in [4.69, 9.17) is 0 Å². The van der Waals surface area contributed by atoms with Gasteiger partial charge >= 0.3 is 6.18 Å². The lowest BCUT2D eigenvalue weighted by Crippen LogP contribution is -2.38. The van der Waals surface area contributed by atoms with Gasteiger partial charge in [0.05, 0.1) is 4.88 Å². The van der Waals surface area contributed by atoms with E-state index in [1.807, 2.05) is 4.90 Å². The summed E-state index contributed by atoms with van der Waals surface area (Å²) in [5.41, 5.74) is -0.204. The van der Waals surface area contributed by atoms with Gasteiger partial charge in [0, 0.05) is 30.6 Å². The molecule has 134 valence electrons. The summed E-state index contributed by atoms with van der Waals surface area (Å²) in [5.74, 6) is -0.0941. The Morgan fingerprint density at radius 2 is 2.04 bits per heavy atom. The van der Waals surface area contributed by atoms with E-state index in [0.29, 0.717) is 41.0 Å². The molecule has 2 fully saturated rings. The maximum absolute atomic E-state index is 13.0. The Labute approximate surface area is 147 Å². The Kier molecular flexibility index (Phi) is 3.99. The molecule has 25 heavy (non-hydrogen) atoms. The van der Waals surface area contributed by atoms with Gasteiger partial charge in [0.15, 0.2) is 0 Å². The fourth-order valence-electron chi connectivity index (χ4n) is 3.73. The van der Waals surface area contributed by atoms with Crippen LogP contribution < -0.4 is 5.32 Å². The van der Waals surface area contributed by atoms with Crippen molar-refractivity contribution in [2.45, 2.75) is 44.4 Å². The summed E-state index contributed by atoms with van der Waals surface area (Å²) in [6.07, 6.45) is -1.34. The number of pyridine rings is 1. The number of carbonyl (C=O) groups is 1. The van der Waals surface area contributed by atoms with Crippen LogP contribution in [0.4, 0.5) is 13.2 Å². The van der Waals surface area contributed by atoms with Crippen molar-refractivity contribution in [1.82, 2.24) is 15.2 Å². The van der Waals surface area contributed by atoms with Gasteiger partial charge in [-0.1, -0.05) is 0 Å². The molecule has 0 aliphatic carbocycles. The molecule has 0 aromatic carbocycles. The molecule has 0 radical (unpaired) electrons. The van der Waals surface area contributed by atoms with Crippen LogP contribution in [0, 0.1) is 6.92 Å². The zero-order valence-corrected chi connectivity index (χ0v) is 14.5. The standard InChI is InChI=1S/C17H18F3N3OS/c1-9-12-4-5-13(17(18,19)20)22-15(12)25-14(9)16(24)23-7-6-10-2-3-11(8-23)21-10/h4-5,10-11,21H,2-3,6-8H2,1H3. The second kappa shape index (κ2) is 5.95. The van der Waals surface area contributed by atoms with Crippen molar-refractivity contribution in [2.24, 2.45) is 0 Å². The van der Waals surface area contributed by atoms with Crippen LogP contribution in [0.25, 0.3) is 10.2 Å². The Bertz CT molecular complexity index is 832. The largest absolute Gasteiger partial charge is 0.433 e. The van der Waals surface area contributed by atoms with Crippen molar-refractivity contribution in [3.8, 4) is 0 Å². The van der Waals surface area contributed by atoms with Gasteiger partial charge < -0.3 is 10.2 Å².